The Balaban J connectivity index is 2.36. The Hall–Kier alpha value is -3.10. The summed E-state index contributed by atoms with van der Waals surface area (Å²) in [7, 11) is 1.55. The molecule has 0 unspecified atom stereocenters. The van der Waals surface area contributed by atoms with Crippen molar-refractivity contribution in [3.05, 3.63) is 64.3 Å². The van der Waals surface area contributed by atoms with E-state index in [0.29, 0.717) is 27.2 Å². The van der Waals surface area contributed by atoms with Crippen LogP contribution in [0.5, 0.6) is 11.5 Å². The molecule has 0 saturated heterocycles. The maximum Gasteiger partial charge on any atom is 0.128 e. The van der Waals surface area contributed by atoms with Crippen LogP contribution in [0.1, 0.15) is 11.1 Å². The molecule has 25 heavy (non-hydrogen) atoms. The molecule has 0 amide bonds. The summed E-state index contributed by atoms with van der Waals surface area (Å²) in [6.07, 6.45) is 0. The van der Waals surface area contributed by atoms with Gasteiger partial charge in [0.15, 0.2) is 0 Å². The number of aryl methyl sites for hydroxylation is 1. The highest BCUT2D eigenvalue weighted by molar-refractivity contribution is 7.71. The Bertz CT molecular complexity index is 1010. The molecule has 5 heteroatoms. The van der Waals surface area contributed by atoms with Crippen molar-refractivity contribution >= 4 is 12.2 Å². The van der Waals surface area contributed by atoms with Gasteiger partial charge in [-0.15, -0.1) is 0 Å². The summed E-state index contributed by atoms with van der Waals surface area (Å²) >= 11 is 5.30. The Kier molecular flexibility index (Phi) is 4.55. The van der Waals surface area contributed by atoms with Crippen molar-refractivity contribution in [1.82, 2.24) is 4.98 Å². The quantitative estimate of drug-likeness (QED) is 0.656. The van der Waals surface area contributed by atoms with E-state index < -0.39 is 0 Å². The van der Waals surface area contributed by atoms with E-state index in [1.807, 2.05) is 43.3 Å². The van der Waals surface area contributed by atoms with Crippen molar-refractivity contribution in [2.24, 2.45) is 0 Å². The summed E-state index contributed by atoms with van der Waals surface area (Å²) in [5.74, 6) is 0.664. The van der Waals surface area contributed by atoms with Gasteiger partial charge in [-0.05, 0) is 30.2 Å². The zero-order valence-corrected chi connectivity index (χ0v) is 14.6. The van der Waals surface area contributed by atoms with Gasteiger partial charge in [0.05, 0.1) is 18.4 Å². The summed E-state index contributed by atoms with van der Waals surface area (Å²) < 4.78 is 5.55. The number of nitrogens with zero attached hydrogens (tertiary/aromatic N) is 1. The minimum atomic E-state index is 0.0874. The maximum atomic E-state index is 10.5. The molecule has 0 aliphatic heterocycles. The first-order chi connectivity index (χ1) is 12.0. The zero-order valence-electron chi connectivity index (χ0n) is 13.8. The van der Waals surface area contributed by atoms with Crippen LogP contribution in [0.3, 0.4) is 0 Å². The molecule has 1 heterocycles. The van der Waals surface area contributed by atoms with Crippen LogP contribution in [-0.2, 0) is 0 Å². The first-order valence-corrected chi connectivity index (χ1v) is 8.06. The zero-order chi connectivity index (χ0) is 18.0. The van der Waals surface area contributed by atoms with Gasteiger partial charge in [-0.2, -0.15) is 5.26 Å². The number of H-pyrrole nitrogens is 1. The number of benzene rings is 2. The molecule has 0 aliphatic rings. The lowest BCUT2D eigenvalue weighted by Crippen LogP contribution is -1.96. The van der Waals surface area contributed by atoms with Crippen molar-refractivity contribution in [2.75, 3.05) is 7.11 Å². The molecule has 124 valence electrons. The van der Waals surface area contributed by atoms with E-state index in [-0.39, 0.29) is 5.75 Å². The predicted octanol–water partition coefficient (Wildman–Crippen LogP) is 4.97. The van der Waals surface area contributed by atoms with Gasteiger partial charge in [0, 0.05) is 17.2 Å². The third-order valence-corrected chi connectivity index (χ3v) is 4.34. The molecule has 1 aromatic heterocycles. The Morgan fingerprint density at radius 2 is 1.88 bits per heavy atom. The Morgan fingerprint density at radius 3 is 2.48 bits per heavy atom. The van der Waals surface area contributed by atoms with Crippen molar-refractivity contribution in [2.45, 2.75) is 6.92 Å². The van der Waals surface area contributed by atoms with Gasteiger partial charge in [0.2, 0.25) is 0 Å². The summed E-state index contributed by atoms with van der Waals surface area (Å²) in [5, 5.41) is 19.9. The number of rotatable bonds is 3. The highest BCUT2D eigenvalue weighted by atomic mass is 32.1. The summed E-state index contributed by atoms with van der Waals surface area (Å²) in [5.41, 5.74) is 4.26. The Morgan fingerprint density at radius 1 is 1.16 bits per heavy atom. The second-order valence-corrected chi connectivity index (χ2v) is 6.03. The van der Waals surface area contributed by atoms with Crippen LogP contribution in [-0.4, -0.2) is 17.2 Å². The van der Waals surface area contributed by atoms with Crippen LogP contribution in [0.25, 0.3) is 22.4 Å². The molecule has 2 aromatic carbocycles. The molecule has 0 aliphatic carbocycles. The molecule has 0 saturated carbocycles. The number of hydrogen-bond acceptors (Lipinski definition) is 4. The lowest BCUT2D eigenvalue weighted by Gasteiger charge is -2.16. The number of aromatic hydroxyl groups is 1. The molecule has 3 rings (SSSR count). The smallest absolute Gasteiger partial charge is 0.128 e. The molecule has 0 radical (unpaired) electrons. The SMILES string of the molecule is COc1cc(C)c(-c2[nH]c(=S)c(C#N)cc2-c2ccccc2)c(O)c1. The monoisotopic (exact) mass is 348 g/mol. The highest BCUT2D eigenvalue weighted by Gasteiger charge is 2.17. The second-order valence-electron chi connectivity index (χ2n) is 5.62. The normalized spacial score (nSPS) is 10.3. The van der Waals surface area contributed by atoms with Crippen LogP contribution < -0.4 is 4.74 Å². The Labute approximate surface area is 151 Å². The molecule has 0 atom stereocenters. The summed E-state index contributed by atoms with van der Waals surface area (Å²) in [6.45, 7) is 1.89. The van der Waals surface area contributed by atoms with E-state index in [2.05, 4.69) is 11.1 Å². The van der Waals surface area contributed by atoms with Crippen molar-refractivity contribution in [3.8, 4) is 40.0 Å². The first kappa shape index (κ1) is 16.7. The molecule has 0 fully saturated rings. The third-order valence-electron chi connectivity index (χ3n) is 4.02. The number of ether oxygens (including phenoxy) is 1. The summed E-state index contributed by atoms with van der Waals surface area (Å²) in [4.78, 5) is 3.12. The standard InChI is InChI=1S/C20H16N2O2S/c1-12-8-15(24-2)10-17(23)18(12)19-16(13-6-4-3-5-7-13)9-14(11-21)20(25)22-19/h3-10,23H,1-2H3,(H,22,25). The van der Waals surface area contributed by atoms with Gasteiger partial charge in [-0.25, -0.2) is 0 Å². The molecule has 0 bridgehead atoms. The molecule has 2 N–H and O–H groups in total. The van der Waals surface area contributed by atoms with Crippen molar-refractivity contribution in [3.63, 3.8) is 0 Å². The largest absolute Gasteiger partial charge is 0.507 e. The molecule has 3 aromatic rings. The van der Waals surface area contributed by atoms with E-state index in [9.17, 15) is 10.4 Å². The van der Waals surface area contributed by atoms with Crippen LogP contribution in [0.2, 0.25) is 0 Å². The van der Waals surface area contributed by atoms with Crippen LogP contribution >= 0.6 is 12.2 Å². The minimum absolute atomic E-state index is 0.0874. The number of nitrogens with one attached hydrogen (secondary N) is 1. The lowest BCUT2D eigenvalue weighted by molar-refractivity contribution is 0.407. The third kappa shape index (κ3) is 3.12. The van der Waals surface area contributed by atoms with E-state index in [0.717, 1.165) is 16.7 Å². The average molecular weight is 348 g/mol. The number of pyridine rings is 1. The lowest BCUT2D eigenvalue weighted by atomic mass is 9.95. The van der Waals surface area contributed by atoms with Gasteiger partial charge < -0.3 is 14.8 Å². The van der Waals surface area contributed by atoms with Gasteiger partial charge in [-0.1, -0.05) is 42.5 Å². The van der Waals surface area contributed by atoms with E-state index in [1.54, 1.807) is 19.2 Å². The average Bonchev–Trinajstić information content (AvgIpc) is 2.62. The minimum Gasteiger partial charge on any atom is -0.507 e. The number of methoxy groups -OCH3 is 1. The molecule has 4 nitrogen and oxygen atoms in total. The van der Waals surface area contributed by atoms with Crippen molar-refractivity contribution < 1.29 is 9.84 Å². The second kappa shape index (κ2) is 6.80. The van der Waals surface area contributed by atoms with Crippen molar-refractivity contribution in [1.29, 1.82) is 5.26 Å². The number of phenolic OH excluding ortho intramolecular Hbond substituents is 1. The number of aromatic nitrogens is 1. The van der Waals surface area contributed by atoms with E-state index in [4.69, 9.17) is 17.0 Å². The fourth-order valence-corrected chi connectivity index (χ4v) is 3.04. The van der Waals surface area contributed by atoms with Crippen LogP contribution in [0, 0.1) is 22.9 Å². The molecular formula is C20H16N2O2S. The molecular weight excluding hydrogens is 332 g/mol. The van der Waals surface area contributed by atoms with Gasteiger partial charge in [-0.3, -0.25) is 0 Å². The highest BCUT2D eigenvalue weighted by Crippen LogP contribution is 2.40. The number of phenols is 1. The predicted molar refractivity (Wildman–Crippen MR) is 100 cm³/mol. The van der Waals surface area contributed by atoms with Crippen LogP contribution in [0.4, 0.5) is 0 Å². The summed E-state index contributed by atoms with van der Waals surface area (Å²) in [6, 6.07) is 17.0. The maximum absolute atomic E-state index is 10.5. The fourth-order valence-electron chi connectivity index (χ4n) is 2.84. The van der Waals surface area contributed by atoms with Gasteiger partial charge >= 0.3 is 0 Å². The number of nitriles is 1. The van der Waals surface area contributed by atoms with Crippen LogP contribution in [0.15, 0.2) is 48.5 Å². The van der Waals surface area contributed by atoms with Gasteiger partial charge in [0.1, 0.15) is 22.2 Å². The van der Waals surface area contributed by atoms with E-state index >= 15 is 0 Å². The van der Waals surface area contributed by atoms with E-state index in [1.165, 1.54) is 0 Å². The number of aromatic amines is 1. The van der Waals surface area contributed by atoms with Gasteiger partial charge in [0.25, 0.3) is 0 Å². The molecule has 0 spiro atoms. The number of hydrogen-bond donors (Lipinski definition) is 2. The first-order valence-electron chi connectivity index (χ1n) is 7.66. The topological polar surface area (TPSA) is 69.0 Å². The fraction of sp³-hybridized carbons (Fsp3) is 0.100.